The number of hydrogen-bond donors (Lipinski definition) is 1. The molecule has 0 radical (unpaired) electrons. The lowest BCUT2D eigenvalue weighted by Crippen LogP contribution is -2.37. The predicted molar refractivity (Wildman–Crippen MR) is 69.7 cm³/mol. The van der Waals surface area contributed by atoms with Crippen molar-refractivity contribution in [2.45, 2.75) is 25.4 Å². The number of nitrogens with one attached hydrogen (secondary N) is 1. The molecule has 1 aromatic carbocycles. The fraction of sp³-hybridized carbons (Fsp3) is 0.462. The first-order chi connectivity index (χ1) is 8.59. The molecule has 2 rings (SSSR count). The molecule has 4 nitrogen and oxygen atoms in total. The van der Waals surface area contributed by atoms with Gasteiger partial charge in [-0.15, -0.1) is 0 Å². The minimum atomic E-state index is -2.79. The Bertz CT molecular complexity index is 547. The number of hydrogen-bond acceptors (Lipinski definition) is 4. The van der Waals surface area contributed by atoms with Gasteiger partial charge in [-0.2, -0.15) is 5.26 Å². The number of sulfone groups is 1. The summed E-state index contributed by atoms with van der Waals surface area (Å²) in [4.78, 5) is 0. The Morgan fingerprint density at radius 3 is 2.72 bits per heavy atom. The summed E-state index contributed by atoms with van der Waals surface area (Å²) >= 11 is 0. The quantitative estimate of drug-likeness (QED) is 0.891. The molecule has 1 aliphatic heterocycles. The Labute approximate surface area is 108 Å². The highest BCUT2D eigenvalue weighted by Crippen LogP contribution is 2.13. The van der Waals surface area contributed by atoms with Gasteiger partial charge in [0.15, 0.2) is 0 Å². The van der Waals surface area contributed by atoms with Gasteiger partial charge in [-0.05, 0) is 30.5 Å². The van der Waals surface area contributed by atoms with Crippen molar-refractivity contribution in [2.24, 2.45) is 0 Å². The van der Waals surface area contributed by atoms with Crippen LogP contribution in [-0.2, 0) is 16.4 Å². The molecule has 1 aromatic rings. The van der Waals surface area contributed by atoms with E-state index in [9.17, 15) is 8.42 Å². The molecule has 0 unspecified atom stereocenters. The molecule has 96 valence electrons. The first-order valence-corrected chi connectivity index (χ1v) is 7.84. The van der Waals surface area contributed by atoms with Crippen LogP contribution in [0.15, 0.2) is 24.3 Å². The normalized spacial score (nSPS) is 19.3. The smallest absolute Gasteiger partial charge is 0.150 e. The molecular formula is C13H16N2O2S. The minimum absolute atomic E-state index is 0.263. The number of benzene rings is 1. The Morgan fingerprint density at radius 2 is 2.06 bits per heavy atom. The molecule has 1 fully saturated rings. The van der Waals surface area contributed by atoms with Crippen molar-refractivity contribution in [3.63, 3.8) is 0 Å². The predicted octanol–water partition coefficient (Wildman–Crippen LogP) is 1.23. The molecule has 1 N–H and O–H groups in total. The molecular weight excluding hydrogens is 248 g/mol. The molecule has 0 amide bonds. The summed E-state index contributed by atoms with van der Waals surface area (Å²) in [6, 6.07) is 9.83. The van der Waals surface area contributed by atoms with Crippen molar-refractivity contribution >= 4 is 9.84 Å². The van der Waals surface area contributed by atoms with Gasteiger partial charge in [0.2, 0.25) is 0 Å². The van der Waals surface area contributed by atoms with E-state index in [0.717, 1.165) is 5.56 Å². The van der Waals surface area contributed by atoms with Crippen LogP contribution in [0, 0.1) is 11.3 Å². The molecule has 1 aliphatic rings. The van der Waals surface area contributed by atoms with Crippen LogP contribution < -0.4 is 5.32 Å². The molecule has 0 atom stereocenters. The summed E-state index contributed by atoms with van der Waals surface area (Å²) in [6.45, 7) is 0.681. The Hall–Kier alpha value is -1.38. The first kappa shape index (κ1) is 13.1. The van der Waals surface area contributed by atoms with Crippen LogP contribution in [0.25, 0.3) is 0 Å². The van der Waals surface area contributed by atoms with Gasteiger partial charge in [0.25, 0.3) is 0 Å². The van der Waals surface area contributed by atoms with E-state index >= 15 is 0 Å². The summed E-state index contributed by atoms with van der Waals surface area (Å²) in [5, 5.41) is 12.2. The molecule has 0 bridgehead atoms. The van der Waals surface area contributed by atoms with Crippen molar-refractivity contribution in [3.8, 4) is 6.07 Å². The Kier molecular flexibility index (Phi) is 4.00. The van der Waals surface area contributed by atoms with Crippen LogP contribution in [0.5, 0.6) is 0 Å². The van der Waals surface area contributed by atoms with Crippen LogP contribution in [-0.4, -0.2) is 26.0 Å². The topological polar surface area (TPSA) is 70.0 Å². The third-order valence-electron chi connectivity index (χ3n) is 3.21. The molecule has 0 saturated carbocycles. The van der Waals surface area contributed by atoms with Gasteiger partial charge in [-0.1, -0.05) is 12.1 Å². The van der Waals surface area contributed by atoms with Crippen LogP contribution in [0.2, 0.25) is 0 Å². The standard InChI is InChI=1S/C13H16N2O2S/c14-9-11-2-1-3-12(8-11)10-15-13-4-6-18(16,17)7-5-13/h1-3,8,13,15H,4-7,10H2. The average Bonchev–Trinajstić information content (AvgIpc) is 2.38. The second-order valence-electron chi connectivity index (χ2n) is 4.62. The van der Waals surface area contributed by atoms with Crippen LogP contribution in [0.4, 0.5) is 0 Å². The second kappa shape index (κ2) is 5.51. The van der Waals surface area contributed by atoms with Crippen LogP contribution in [0.1, 0.15) is 24.0 Å². The lowest BCUT2D eigenvalue weighted by Gasteiger charge is -2.23. The first-order valence-electron chi connectivity index (χ1n) is 6.02. The number of rotatable bonds is 3. The zero-order valence-electron chi connectivity index (χ0n) is 10.1. The van der Waals surface area contributed by atoms with Gasteiger partial charge in [-0.25, -0.2) is 8.42 Å². The fourth-order valence-corrected chi connectivity index (χ4v) is 3.60. The molecule has 1 saturated heterocycles. The highest BCUT2D eigenvalue weighted by Gasteiger charge is 2.22. The molecule has 0 aliphatic carbocycles. The Morgan fingerprint density at radius 1 is 1.33 bits per heavy atom. The zero-order chi connectivity index (χ0) is 13.0. The van der Waals surface area contributed by atoms with Gasteiger partial charge in [0.1, 0.15) is 9.84 Å². The van der Waals surface area contributed by atoms with Crippen molar-refractivity contribution in [2.75, 3.05) is 11.5 Å². The summed E-state index contributed by atoms with van der Waals surface area (Å²) in [7, 11) is -2.79. The molecule has 1 heterocycles. The van der Waals surface area contributed by atoms with Gasteiger partial charge in [0.05, 0.1) is 23.1 Å². The molecule has 18 heavy (non-hydrogen) atoms. The lowest BCUT2D eigenvalue weighted by molar-refractivity contribution is 0.463. The van der Waals surface area contributed by atoms with E-state index in [0.29, 0.717) is 24.9 Å². The van der Waals surface area contributed by atoms with E-state index in [1.165, 1.54) is 0 Å². The van der Waals surface area contributed by atoms with E-state index in [2.05, 4.69) is 11.4 Å². The fourth-order valence-electron chi connectivity index (χ4n) is 2.11. The minimum Gasteiger partial charge on any atom is -0.310 e. The van der Waals surface area contributed by atoms with Crippen molar-refractivity contribution in [3.05, 3.63) is 35.4 Å². The maximum absolute atomic E-state index is 11.3. The van der Waals surface area contributed by atoms with E-state index in [1.54, 1.807) is 6.07 Å². The summed E-state index contributed by atoms with van der Waals surface area (Å²) in [5.74, 6) is 0.561. The zero-order valence-corrected chi connectivity index (χ0v) is 10.9. The highest BCUT2D eigenvalue weighted by molar-refractivity contribution is 7.91. The van der Waals surface area contributed by atoms with Crippen LogP contribution in [0.3, 0.4) is 0 Å². The lowest BCUT2D eigenvalue weighted by atomic mass is 10.1. The monoisotopic (exact) mass is 264 g/mol. The van der Waals surface area contributed by atoms with Gasteiger partial charge in [-0.3, -0.25) is 0 Å². The largest absolute Gasteiger partial charge is 0.310 e. The third kappa shape index (κ3) is 3.56. The van der Waals surface area contributed by atoms with Crippen molar-refractivity contribution < 1.29 is 8.42 Å². The number of nitriles is 1. The van der Waals surface area contributed by atoms with Gasteiger partial charge < -0.3 is 5.32 Å². The van der Waals surface area contributed by atoms with Crippen molar-refractivity contribution in [1.29, 1.82) is 5.26 Å². The van der Waals surface area contributed by atoms with Crippen molar-refractivity contribution in [1.82, 2.24) is 5.32 Å². The van der Waals surface area contributed by atoms with Crippen LogP contribution >= 0.6 is 0 Å². The van der Waals surface area contributed by atoms with Gasteiger partial charge >= 0.3 is 0 Å². The highest BCUT2D eigenvalue weighted by atomic mass is 32.2. The van der Waals surface area contributed by atoms with E-state index in [4.69, 9.17) is 5.26 Å². The summed E-state index contributed by atoms with van der Waals surface area (Å²) in [6.07, 6.45) is 1.36. The average molecular weight is 264 g/mol. The summed E-state index contributed by atoms with van der Waals surface area (Å²) in [5.41, 5.74) is 1.71. The van der Waals surface area contributed by atoms with E-state index in [-0.39, 0.29) is 17.5 Å². The van der Waals surface area contributed by atoms with E-state index in [1.807, 2.05) is 18.2 Å². The number of nitrogens with zero attached hydrogens (tertiary/aromatic N) is 1. The second-order valence-corrected chi connectivity index (χ2v) is 6.92. The maximum Gasteiger partial charge on any atom is 0.150 e. The van der Waals surface area contributed by atoms with E-state index < -0.39 is 9.84 Å². The third-order valence-corrected chi connectivity index (χ3v) is 4.92. The molecule has 0 aromatic heterocycles. The summed E-state index contributed by atoms with van der Waals surface area (Å²) < 4.78 is 22.6. The Balaban J connectivity index is 1.87. The SMILES string of the molecule is N#Cc1cccc(CNC2CCS(=O)(=O)CC2)c1. The molecule has 5 heteroatoms. The van der Waals surface area contributed by atoms with Gasteiger partial charge in [0, 0.05) is 12.6 Å². The molecule has 0 spiro atoms. The maximum atomic E-state index is 11.3.